The summed E-state index contributed by atoms with van der Waals surface area (Å²) in [5.41, 5.74) is 5.23. The molecular weight excluding hydrogens is 208 g/mol. The second-order valence-corrected chi connectivity index (χ2v) is 4.81. The fourth-order valence-corrected chi connectivity index (χ4v) is 1.73. The summed E-state index contributed by atoms with van der Waals surface area (Å²) >= 11 is 0. The molecule has 0 bridgehead atoms. The molecule has 0 unspecified atom stereocenters. The van der Waals surface area contributed by atoms with Gasteiger partial charge in [0.2, 0.25) is 5.91 Å². The van der Waals surface area contributed by atoms with Crippen LogP contribution in [-0.4, -0.2) is 42.4 Å². The van der Waals surface area contributed by atoms with Crippen molar-refractivity contribution in [2.45, 2.75) is 38.3 Å². The van der Waals surface area contributed by atoms with Crippen LogP contribution in [-0.2, 0) is 9.53 Å². The maximum absolute atomic E-state index is 11.8. The van der Waals surface area contributed by atoms with E-state index < -0.39 is 11.6 Å². The molecule has 4 N–H and O–H groups in total. The third kappa shape index (κ3) is 3.17. The van der Waals surface area contributed by atoms with E-state index in [0.717, 1.165) is 0 Å². The second kappa shape index (κ2) is 5.61. The van der Waals surface area contributed by atoms with Gasteiger partial charge in [0.15, 0.2) is 0 Å². The van der Waals surface area contributed by atoms with Gasteiger partial charge in [0.05, 0.1) is 18.2 Å². The van der Waals surface area contributed by atoms with Crippen molar-refractivity contribution < 1.29 is 14.6 Å². The highest BCUT2D eigenvalue weighted by Crippen LogP contribution is 2.20. The van der Waals surface area contributed by atoms with Gasteiger partial charge in [0, 0.05) is 13.2 Å². The molecule has 16 heavy (non-hydrogen) atoms. The summed E-state index contributed by atoms with van der Waals surface area (Å²) in [7, 11) is 0. The quantitative estimate of drug-likeness (QED) is 0.615. The van der Waals surface area contributed by atoms with Gasteiger partial charge in [-0.3, -0.25) is 4.79 Å². The van der Waals surface area contributed by atoms with Crippen LogP contribution in [0.25, 0.3) is 0 Å². The van der Waals surface area contributed by atoms with Gasteiger partial charge < -0.3 is 20.9 Å². The molecule has 1 aliphatic heterocycles. The van der Waals surface area contributed by atoms with E-state index in [9.17, 15) is 9.90 Å². The van der Waals surface area contributed by atoms with E-state index >= 15 is 0 Å². The minimum atomic E-state index is -0.540. The number of nitrogens with two attached hydrogens (primary N) is 1. The smallest absolute Gasteiger partial charge is 0.237 e. The van der Waals surface area contributed by atoms with Gasteiger partial charge in [-0.1, -0.05) is 13.8 Å². The van der Waals surface area contributed by atoms with Gasteiger partial charge in [-0.05, 0) is 18.8 Å². The highest BCUT2D eigenvalue weighted by atomic mass is 16.5. The zero-order chi connectivity index (χ0) is 12.2. The Bertz CT molecular complexity index is 237. The van der Waals surface area contributed by atoms with Crippen LogP contribution in [0.3, 0.4) is 0 Å². The third-order valence-corrected chi connectivity index (χ3v) is 3.16. The minimum Gasteiger partial charge on any atom is -0.394 e. The Morgan fingerprint density at radius 1 is 1.50 bits per heavy atom. The normalized spacial score (nSPS) is 21.8. The largest absolute Gasteiger partial charge is 0.394 e. The molecule has 1 rings (SSSR count). The Balaban J connectivity index is 2.58. The van der Waals surface area contributed by atoms with E-state index in [1.54, 1.807) is 0 Å². The number of amides is 1. The van der Waals surface area contributed by atoms with Gasteiger partial charge in [-0.15, -0.1) is 0 Å². The Kier molecular flexibility index (Phi) is 4.70. The fraction of sp³-hybridized carbons (Fsp3) is 0.909. The topological polar surface area (TPSA) is 84.6 Å². The molecule has 94 valence electrons. The molecule has 5 heteroatoms. The number of carbonyl (C=O) groups excluding carboxylic acids is 1. The summed E-state index contributed by atoms with van der Waals surface area (Å²) in [6.07, 6.45) is 1.28. The number of nitrogens with one attached hydrogen (secondary N) is 1. The molecule has 1 aliphatic rings. The highest BCUT2D eigenvalue weighted by Gasteiger charge is 2.35. The number of carbonyl (C=O) groups is 1. The predicted octanol–water partition coefficient (Wildman–Crippen LogP) is -0.373. The number of hydrogen-bond donors (Lipinski definition) is 3. The van der Waals surface area contributed by atoms with Crippen molar-refractivity contribution in [3.63, 3.8) is 0 Å². The molecular formula is C11H22N2O3. The first-order valence-electron chi connectivity index (χ1n) is 5.77. The van der Waals surface area contributed by atoms with Crippen LogP contribution in [0.15, 0.2) is 0 Å². The van der Waals surface area contributed by atoms with Crippen molar-refractivity contribution in [3.05, 3.63) is 0 Å². The lowest BCUT2D eigenvalue weighted by atomic mass is 9.90. The summed E-state index contributed by atoms with van der Waals surface area (Å²) in [5.74, 6) is -0.0958. The summed E-state index contributed by atoms with van der Waals surface area (Å²) in [6, 6.07) is -0.522. The molecule has 1 amide bonds. The highest BCUT2D eigenvalue weighted by molar-refractivity contribution is 5.82. The number of aliphatic hydroxyl groups is 1. The van der Waals surface area contributed by atoms with Crippen LogP contribution >= 0.6 is 0 Å². The van der Waals surface area contributed by atoms with Crippen LogP contribution in [0.4, 0.5) is 0 Å². The maximum atomic E-state index is 11.8. The lowest BCUT2D eigenvalue weighted by Gasteiger charge is -2.37. The molecule has 1 saturated heterocycles. The Morgan fingerprint density at radius 2 is 2.06 bits per heavy atom. The molecule has 0 aromatic carbocycles. The zero-order valence-corrected chi connectivity index (χ0v) is 10.0. The van der Waals surface area contributed by atoms with Crippen molar-refractivity contribution in [2.75, 3.05) is 19.8 Å². The fourth-order valence-electron chi connectivity index (χ4n) is 1.73. The third-order valence-electron chi connectivity index (χ3n) is 3.16. The lowest BCUT2D eigenvalue weighted by Crippen LogP contribution is -2.59. The van der Waals surface area contributed by atoms with Crippen LogP contribution in [0.2, 0.25) is 0 Å². The van der Waals surface area contributed by atoms with E-state index in [1.165, 1.54) is 0 Å². The predicted molar refractivity (Wildman–Crippen MR) is 60.8 cm³/mol. The summed E-state index contributed by atoms with van der Waals surface area (Å²) in [4.78, 5) is 11.8. The molecule has 0 aromatic heterocycles. The van der Waals surface area contributed by atoms with Crippen LogP contribution in [0.1, 0.15) is 26.7 Å². The molecule has 1 atom stereocenters. The van der Waals surface area contributed by atoms with Crippen molar-refractivity contribution in [1.82, 2.24) is 5.32 Å². The minimum absolute atomic E-state index is 0.0626. The number of hydrogen-bond acceptors (Lipinski definition) is 4. The zero-order valence-electron chi connectivity index (χ0n) is 10.0. The molecule has 0 radical (unpaired) electrons. The summed E-state index contributed by atoms with van der Waals surface area (Å²) in [6.45, 7) is 4.88. The average molecular weight is 230 g/mol. The molecule has 0 aliphatic carbocycles. The number of rotatable bonds is 4. The molecule has 1 fully saturated rings. The van der Waals surface area contributed by atoms with Gasteiger partial charge >= 0.3 is 0 Å². The van der Waals surface area contributed by atoms with Gasteiger partial charge in [-0.25, -0.2) is 0 Å². The van der Waals surface area contributed by atoms with E-state index in [1.807, 2.05) is 13.8 Å². The lowest BCUT2D eigenvalue weighted by molar-refractivity contribution is -0.127. The molecule has 0 aromatic rings. The average Bonchev–Trinajstić information content (AvgIpc) is 2.29. The monoisotopic (exact) mass is 230 g/mol. The SMILES string of the molecule is CC(C)[C@H](N)C(=O)NC1(CO)CCOCC1. The van der Waals surface area contributed by atoms with Gasteiger partial charge in [0.25, 0.3) is 0 Å². The Labute approximate surface area is 96.3 Å². The molecule has 1 heterocycles. The van der Waals surface area contributed by atoms with Crippen LogP contribution < -0.4 is 11.1 Å². The molecule has 5 nitrogen and oxygen atoms in total. The standard InChI is InChI=1S/C11H22N2O3/c1-8(2)9(12)10(15)13-11(7-14)3-5-16-6-4-11/h8-9,14H,3-7,12H2,1-2H3,(H,13,15)/t9-/m0/s1. The van der Waals surface area contributed by atoms with Crippen LogP contribution in [0.5, 0.6) is 0 Å². The van der Waals surface area contributed by atoms with Crippen molar-refractivity contribution in [3.8, 4) is 0 Å². The van der Waals surface area contributed by atoms with E-state index in [4.69, 9.17) is 10.5 Å². The molecule has 0 saturated carbocycles. The summed E-state index contributed by atoms with van der Waals surface area (Å²) < 4.78 is 5.22. The Morgan fingerprint density at radius 3 is 2.50 bits per heavy atom. The van der Waals surface area contributed by atoms with Gasteiger partial charge in [0.1, 0.15) is 0 Å². The first kappa shape index (κ1) is 13.4. The second-order valence-electron chi connectivity index (χ2n) is 4.81. The van der Waals surface area contributed by atoms with Gasteiger partial charge in [-0.2, -0.15) is 0 Å². The number of ether oxygens (including phenoxy) is 1. The van der Waals surface area contributed by atoms with Crippen molar-refractivity contribution in [1.29, 1.82) is 0 Å². The van der Waals surface area contributed by atoms with E-state index in [2.05, 4.69) is 5.32 Å². The molecule has 0 spiro atoms. The van der Waals surface area contributed by atoms with Crippen LogP contribution in [0, 0.1) is 5.92 Å². The Hall–Kier alpha value is -0.650. The first-order chi connectivity index (χ1) is 7.51. The first-order valence-corrected chi connectivity index (χ1v) is 5.77. The van der Waals surface area contributed by atoms with E-state index in [-0.39, 0.29) is 18.4 Å². The van der Waals surface area contributed by atoms with E-state index in [0.29, 0.717) is 26.1 Å². The number of aliphatic hydroxyl groups excluding tert-OH is 1. The maximum Gasteiger partial charge on any atom is 0.237 e. The van der Waals surface area contributed by atoms with Crippen molar-refractivity contribution >= 4 is 5.91 Å². The van der Waals surface area contributed by atoms with Crippen molar-refractivity contribution in [2.24, 2.45) is 11.7 Å². The summed E-state index contributed by atoms with van der Waals surface area (Å²) in [5, 5.41) is 12.3.